The summed E-state index contributed by atoms with van der Waals surface area (Å²) in [6, 6.07) is 3.14. The van der Waals surface area contributed by atoms with Crippen LogP contribution >= 0.6 is 0 Å². The number of hydrogen-bond donors (Lipinski definition) is 2. The van der Waals surface area contributed by atoms with Crippen LogP contribution in [0.3, 0.4) is 0 Å². The summed E-state index contributed by atoms with van der Waals surface area (Å²) >= 11 is 0. The van der Waals surface area contributed by atoms with Crippen LogP contribution < -0.4 is 5.32 Å². The van der Waals surface area contributed by atoms with Crippen molar-refractivity contribution in [1.29, 1.82) is 0 Å². The number of halogens is 2. The van der Waals surface area contributed by atoms with Gasteiger partial charge in [-0.05, 0) is 49.8 Å². The number of carbonyl (C=O) groups excluding carboxylic acids is 1. The fourth-order valence-electron chi connectivity index (χ4n) is 3.06. The van der Waals surface area contributed by atoms with Gasteiger partial charge in [0, 0.05) is 24.2 Å². The van der Waals surface area contributed by atoms with Crippen molar-refractivity contribution in [1.82, 2.24) is 10.2 Å². The normalized spacial score (nSPS) is 23.0. The Balaban J connectivity index is 1.50. The minimum Gasteiger partial charge on any atom is -0.480 e. The summed E-state index contributed by atoms with van der Waals surface area (Å²) in [5.74, 6) is -2.72. The van der Waals surface area contributed by atoms with E-state index in [1.165, 1.54) is 6.07 Å². The number of rotatable bonds is 7. The number of carboxylic acids is 1. The lowest BCUT2D eigenvalue weighted by Crippen LogP contribution is -2.55. The molecule has 0 radical (unpaired) electrons. The second-order valence-electron chi connectivity index (χ2n) is 6.69. The van der Waals surface area contributed by atoms with E-state index in [0.29, 0.717) is 18.8 Å². The molecule has 1 aromatic rings. The molecule has 1 amide bonds. The molecular weight excluding hydrogens is 318 g/mol. The summed E-state index contributed by atoms with van der Waals surface area (Å²) in [5, 5.41) is 11.8. The van der Waals surface area contributed by atoms with E-state index in [-0.39, 0.29) is 24.2 Å². The average Bonchev–Trinajstić information content (AvgIpc) is 3.28. The zero-order valence-corrected chi connectivity index (χ0v) is 13.2. The molecule has 7 heteroatoms. The highest BCUT2D eigenvalue weighted by Crippen LogP contribution is 2.33. The molecule has 0 aliphatic heterocycles. The first-order chi connectivity index (χ1) is 11.4. The van der Waals surface area contributed by atoms with Crippen LogP contribution in [0.2, 0.25) is 0 Å². The van der Waals surface area contributed by atoms with Crippen LogP contribution in [0.15, 0.2) is 18.2 Å². The molecule has 130 valence electrons. The van der Waals surface area contributed by atoms with E-state index in [1.54, 1.807) is 0 Å². The van der Waals surface area contributed by atoms with Crippen LogP contribution in [-0.4, -0.2) is 47.1 Å². The van der Waals surface area contributed by atoms with E-state index >= 15 is 0 Å². The van der Waals surface area contributed by atoms with Crippen molar-refractivity contribution in [3.05, 3.63) is 35.4 Å². The van der Waals surface area contributed by atoms with Gasteiger partial charge < -0.3 is 10.4 Å². The van der Waals surface area contributed by atoms with E-state index in [1.807, 2.05) is 4.90 Å². The topological polar surface area (TPSA) is 69.6 Å². The molecule has 24 heavy (non-hydrogen) atoms. The van der Waals surface area contributed by atoms with Crippen LogP contribution in [-0.2, 0) is 4.79 Å². The number of aliphatic carboxylic acids is 1. The summed E-state index contributed by atoms with van der Waals surface area (Å²) in [6.07, 6.45) is 3.66. The second-order valence-corrected chi connectivity index (χ2v) is 6.69. The van der Waals surface area contributed by atoms with Crippen molar-refractivity contribution < 1.29 is 23.5 Å². The molecule has 0 aromatic heterocycles. The molecule has 2 aliphatic carbocycles. The van der Waals surface area contributed by atoms with E-state index in [2.05, 4.69) is 5.32 Å². The third-order valence-corrected chi connectivity index (χ3v) is 4.67. The maximum atomic E-state index is 13.2. The van der Waals surface area contributed by atoms with Gasteiger partial charge in [0.1, 0.15) is 0 Å². The molecule has 0 saturated heterocycles. The van der Waals surface area contributed by atoms with Crippen molar-refractivity contribution in [3.8, 4) is 0 Å². The number of carboxylic acid groups (broad SMARTS) is 1. The fourth-order valence-corrected chi connectivity index (χ4v) is 3.06. The van der Waals surface area contributed by atoms with Gasteiger partial charge in [0.15, 0.2) is 11.6 Å². The Hall–Kier alpha value is -2.02. The molecule has 2 fully saturated rings. The number of amides is 1. The second kappa shape index (κ2) is 6.84. The van der Waals surface area contributed by atoms with Gasteiger partial charge in [0.05, 0.1) is 6.54 Å². The number of benzene rings is 1. The lowest BCUT2D eigenvalue weighted by atomic mass is 9.85. The Morgan fingerprint density at radius 3 is 2.50 bits per heavy atom. The Morgan fingerprint density at radius 1 is 1.21 bits per heavy atom. The molecule has 0 atom stereocenters. The van der Waals surface area contributed by atoms with Crippen molar-refractivity contribution >= 4 is 11.9 Å². The molecular formula is C17H20F2N2O3. The smallest absolute Gasteiger partial charge is 0.317 e. The van der Waals surface area contributed by atoms with Crippen molar-refractivity contribution in [2.75, 3.05) is 13.1 Å². The summed E-state index contributed by atoms with van der Waals surface area (Å²) in [6.45, 7) is 0.811. The summed E-state index contributed by atoms with van der Waals surface area (Å²) in [4.78, 5) is 25.0. The molecule has 0 spiro atoms. The Morgan fingerprint density at radius 2 is 1.92 bits per heavy atom. The van der Waals surface area contributed by atoms with Crippen molar-refractivity contribution in [3.63, 3.8) is 0 Å². The van der Waals surface area contributed by atoms with E-state index in [0.717, 1.165) is 31.5 Å². The van der Waals surface area contributed by atoms with Gasteiger partial charge in [-0.25, -0.2) is 8.78 Å². The largest absolute Gasteiger partial charge is 0.480 e. The quantitative estimate of drug-likeness (QED) is 0.798. The van der Waals surface area contributed by atoms with E-state index in [9.17, 15) is 18.4 Å². The predicted octanol–water partition coefficient (Wildman–Crippen LogP) is 2.02. The highest BCUT2D eigenvalue weighted by molar-refractivity contribution is 5.94. The molecule has 2 N–H and O–H groups in total. The molecule has 0 bridgehead atoms. The molecule has 1 aromatic carbocycles. The lowest BCUT2D eigenvalue weighted by Gasteiger charge is -2.42. The highest BCUT2D eigenvalue weighted by atomic mass is 19.2. The number of carbonyl (C=O) groups is 2. The van der Waals surface area contributed by atoms with Crippen molar-refractivity contribution in [2.24, 2.45) is 5.92 Å². The monoisotopic (exact) mass is 338 g/mol. The molecule has 2 aliphatic rings. The number of nitrogens with zero attached hydrogens (tertiary/aromatic N) is 1. The van der Waals surface area contributed by atoms with Gasteiger partial charge in [-0.15, -0.1) is 0 Å². The van der Waals surface area contributed by atoms with Gasteiger partial charge in [-0.3, -0.25) is 14.5 Å². The van der Waals surface area contributed by atoms with Crippen LogP contribution in [0.5, 0.6) is 0 Å². The third kappa shape index (κ3) is 4.08. The molecule has 2 saturated carbocycles. The van der Waals surface area contributed by atoms with Gasteiger partial charge in [0.2, 0.25) is 0 Å². The minimum absolute atomic E-state index is 0.0189. The average molecular weight is 338 g/mol. The SMILES string of the molecule is O=C(O)CN(CC1CC1)C1CC(NC(=O)c2ccc(F)c(F)c2)C1. The van der Waals surface area contributed by atoms with Crippen LogP contribution in [0.25, 0.3) is 0 Å². The molecule has 0 heterocycles. The molecule has 5 nitrogen and oxygen atoms in total. The van der Waals surface area contributed by atoms with Gasteiger partial charge in [-0.1, -0.05) is 0 Å². The Labute approximate surface area is 138 Å². The van der Waals surface area contributed by atoms with Gasteiger partial charge in [0.25, 0.3) is 5.91 Å². The first-order valence-corrected chi connectivity index (χ1v) is 8.14. The van der Waals surface area contributed by atoms with E-state index in [4.69, 9.17) is 5.11 Å². The predicted molar refractivity (Wildman–Crippen MR) is 82.6 cm³/mol. The summed E-state index contributed by atoms with van der Waals surface area (Å²) in [5.41, 5.74) is 0.0812. The summed E-state index contributed by atoms with van der Waals surface area (Å²) in [7, 11) is 0. The van der Waals surface area contributed by atoms with Crippen LogP contribution in [0, 0.1) is 17.6 Å². The molecule has 0 unspecified atom stereocenters. The van der Waals surface area contributed by atoms with Crippen LogP contribution in [0.4, 0.5) is 8.78 Å². The minimum atomic E-state index is -1.05. The van der Waals surface area contributed by atoms with Gasteiger partial charge in [-0.2, -0.15) is 0 Å². The standard InChI is InChI=1S/C17H20F2N2O3/c18-14-4-3-11(5-15(14)19)17(24)20-12-6-13(7-12)21(9-16(22)23)8-10-1-2-10/h3-5,10,12-13H,1-2,6-9H2,(H,20,24)(H,22,23). The maximum absolute atomic E-state index is 13.2. The first-order valence-electron chi connectivity index (χ1n) is 8.14. The number of nitrogens with one attached hydrogen (secondary N) is 1. The lowest BCUT2D eigenvalue weighted by molar-refractivity contribution is -0.139. The Bertz CT molecular complexity index is 643. The maximum Gasteiger partial charge on any atom is 0.317 e. The molecule has 3 rings (SSSR count). The van der Waals surface area contributed by atoms with Gasteiger partial charge >= 0.3 is 5.97 Å². The number of hydrogen-bond acceptors (Lipinski definition) is 3. The summed E-state index contributed by atoms with van der Waals surface area (Å²) < 4.78 is 26.1. The fraction of sp³-hybridized carbons (Fsp3) is 0.529. The first kappa shape index (κ1) is 16.8. The van der Waals surface area contributed by atoms with E-state index < -0.39 is 23.5 Å². The van der Waals surface area contributed by atoms with Crippen molar-refractivity contribution in [2.45, 2.75) is 37.8 Å². The highest BCUT2D eigenvalue weighted by Gasteiger charge is 2.37. The Kier molecular flexibility index (Phi) is 4.80. The zero-order valence-electron chi connectivity index (χ0n) is 13.2. The zero-order chi connectivity index (χ0) is 17.3. The van der Waals surface area contributed by atoms with Crippen LogP contribution in [0.1, 0.15) is 36.0 Å². The third-order valence-electron chi connectivity index (χ3n) is 4.67.